The Morgan fingerprint density at radius 3 is 2.46 bits per heavy atom. The molecule has 0 amide bonds. The highest BCUT2D eigenvalue weighted by atomic mass is 16.6. The van der Waals surface area contributed by atoms with Crippen LogP contribution in [-0.2, 0) is 9.47 Å². The van der Waals surface area contributed by atoms with Gasteiger partial charge in [-0.15, -0.1) is 0 Å². The third-order valence-electron chi connectivity index (χ3n) is 3.80. The molecular weight excluding hydrogens is 164 g/mol. The zero-order valence-corrected chi connectivity index (χ0v) is 8.08. The molecule has 2 heteroatoms. The van der Waals surface area contributed by atoms with Crippen LogP contribution in [0.25, 0.3) is 0 Å². The van der Waals surface area contributed by atoms with E-state index in [1.807, 2.05) is 0 Å². The Bertz CT molecular complexity index is 187. The van der Waals surface area contributed by atoms with Gasteiger partial charge in [0, 0.05) is 6.42 Å². The van der Waals surface area contributed by atoms with E-state index in [0.717, 1.165) is 12.5 Å². The van der Waals surface area contributed by atoms with E-state index in [4.69, 9.17) is 9.47 Å². The monoisotopic (exact) mass is 182 g/mol. The van der Waals surface area contributed by atoms with Gasteiger partial charge in [-0.3, -0.25) is 0 Å². The molecule has 0 aromatic rings. The Morgan fingerprint density at radius 1 is 0.846 bits per heavy atom. The Kier molecular flexibility index (Phi) is 2.06. The summed E-state index contributed by atoms with van der Waals surface area (Å²) in [5.41, 5.74) is 0. The Morgan fingerprint density at radius 2 is 1.69 bits per heavy atom. The molecule has 0 N–H and O–H groups in total. The first kappa shape index (κ1) is 8.25. The molecule has 2 aliphatic heterocycles. The van der Waals surface area contributed by atoms with Gasteiger partial charge in [0.2, 0.25) is 0 Å². The number of rotatable bonds is 1. The van der Waals surface area contributed by atoms with Crippen LogP contribution in [0, 0.1) is 5.92 Å². The highest BCUT2D eigenvalue weighted by Gasteiger charge is 2.46. The highest BCUT2D eigenvalue weighted by molar-refractivity contribution is 4.93. The summed E-state index contributed by atoms with van der Waals surface area (Å²) >= 11 is 0. The van der Waals surface area contributed by atoms with Crippen molar-refractivity contribution in [2.24, 2.45) is 5.92 Å². The fourth-order valence-corrected chi connectivity index (χ4v) is 2.88. The zero-order valence-electron chi connectivity index (χ0n) is 8.08. The molecule has 3 fully saturated rings. The van der Waals surface area contributed by atoms with Crippen LogP contribution in [-0.4, -0.2) is 24.9 Å². The van der Waals surface area contributed by atoms with Gasteiger partial charge in [0.1, 0.15) is 6.10 Å². The van der Waals surface area contributed by atoms with Crippen molar-refractivity contribution in [2.75, 3.05) is 6.61 Å². The van der Waals surface area contributed by atoms with Gasteiger partial charge < -0.3 is 9.47 Å². The fourth-order valence-electron chi connectivity index (χ4n) is 2.88. The summed E-state index contributed by atoms with van der Waals surface area (Å²) in [6.45, 7) is 0.867. The average molecular weight is 182 g/mol. The third-order valence-corrected chi connectivity index (χ3v) is 3.80. The van der Waals surface area contributed by atoms with Gasteiger partial charge in [-0.05, 0) is 18.8 Å². The Hall–Kier alpha value is -0.0800. The number of hydrogen-bond acceptors (Lipinski definition) is 2. The van der Waals surface area contributed by atoms with E-state index < -0.39 is 0 Å². The van der Waals surface area contributed by atoms with Crippen molar-refractivity contribution in [2.45, 2.75) is 56.8 Å². The molecule has 1 aliphatic carbocycles. The summed E-state index contributed by atoms with van der Waals surface area (Å²) in [6, 6.07) is 0. The van der Waals surface area contributed by atoms with E-state index >= 15 is 0 Å². The van der Waals surface area contributed by atoms with Gasteiger partial charge in [-0.1, -0.05) is 19.3 Å². The van der Waals surface area contributed by atoms with Crippen LogP contribution in [0.2, 0.25) is 0 Å². The molecule has 2 unspecified atom stereocenters. The standard InChI is InChI=1S/C11H18O2/c1-2-4-8(5-3-1)9-6-10-11(13-10)7-12-9/h8-11H,1-7H2/t9-,10?,11?/m0/s1. The van der Waals surface area contributed by atoms with E-state index in [1.165, 1.54) is 38.5 Å². The molecule has 0 bridgehead atoms. The van der Waals surface area contributed by atoms with Crippen molar-refractivity contribution < 1.29 is 9.47 Å². The van der Waals surface area contributed by atoms with Crippen LogP contribution in [0.15, 0.2) is 0 Å². The molecule has 13 heavy (non-hydrogen) atoms. The molecule has 3 atom stereocenters. The summed E-state index contributed by atoms with van der Waals surface area (Å²) in [5.74, 6) is 0.846. The lowest BCUT2D eigenvalue weighted by molar-refractivity contribution is -0.0187. The van der Waals surface area contributed by atoms with E-state index in [9.17, 15) is 0 Å². The van der Waals surface area contributed by atoms with Crippen LogP contribution in [0.4, 0.5) is 0 Å². The summed E-state index contributed by atoms with van der Waals surface area (Å²) in [7, 11) is 0. The minimum Gasteiger partial charge on any atom is -0.375 e. The molecule has 1 saturated carbocycles. The minimum absolute atomic E-state index is 0.472. The van der Waals surface area contributed by atoms with Crippen LogP contribution >= 0.6 is 0 Å². The van der Waals surface area contributed by atoms with Gasteiger partial charge in [-0.25, -0.2) is 0 Å². The first-order valence-electron chi connectivity index (χ1n) is 5.70. The number of epoxide rings is 1. The topological polar surface area (TPSA) is 21.8 Å². The van der Waals surface area contributed by atoms with E-state index in [-0.39, 0.29) is 0 Å². The minimum atomic E-state index is 0.472. The lowest BCUT2D eigenvalue weighted by Gasteiger charge is -2.31. The summed E-state index contributed by atoms with van der Waals surface area (Å²) in [6.07, 6.45) is 9.80. The Balaban J connectivity index is 1.57. The van der Waals surface area contributed by atoms with E-state index in [1.54, 1.807) is 0 Å². The number of hydrogen-bond donors (Lipinski definition) is 0. The van der Waals surface area contributed by atoms with Gasteiger partial charge in [0.25, 0.3) is 0 Å². The molecule has 0 spiro atoms. The van der Waals surface area contributed by atoms with Crippen molar-refractivity contribution in [3.8, 4) is 0 Å². The van der Waals surface area contributed by atoms with Crippen LogP contribution in [0.3, 0.4) is 0 Å². The molecule has 0 aromatic carbocycles. The van der Waals surface area contributed by atoms with Crippen molar-refractivity contribution in [1.82, 2.24) is 0 Å². The van der Waals surface area contributed by atoms with Gasteiger partial charge in [0.05, 0.1) is 18.8 Å². The lowest BCUT2D eigenvalue weighted by Crippen LogP contribution is -2.32. The maximum Gasteiger partial charge on any atom is 0.108 e. The maximum atomic E-state index is 5.85. The molecule has 3 rings (SSSR count). The van der Waals surface area contributed by atoms with Crippen LogP contribution < -0.4 is 0 Å². The molecule has 3 aliphatic rings. The van der Waals surface area contributed by atoms with Crippen molar-refractivity contribution >= 4 is 0 Å². The highest BCUT2D eigenvalue weighted by Crippen LogP contribution is 2.38. The molecule has 0 aromatic heterocycles. The van der Waals surface area contributed by atoms with Gasteiger partial charge >= 0.3 is 0 Å². The summed E-state index contributed by atoms with van der Waals surface area (Å²) < 4.78 is 11.3. The van der Waals surface area contributed by atoms with E-state index in [2.05, 4.69) is 0 Å². The first-order chi connectivity index (χ1) is 6.43. The molecule has 74 valence electrons. The predicted molar refractivity (Wildman–Crippen MR) is 49.6 cm³/mol. The molecule has 2 nitrogen and oxygen atoms in total. The fraction of sp³-hybridized carbons (Fsp3) is 1.00. The third kappa shape index (κ3) is 1.62. The molecular formula is C11H18O2. The first-order valence-corrected chi connectivity index (χ1v) is 5.70. The van der Waals surface area contributed by atoms with Crippen LogP contribution in [0.5, 0.6) is 0 Å². The van der Waals surface area contributed by atoms with Crippen LogP contribution in [0.1, 0.15) is 38.5 Å². The lowest BCUT2D eigenvalue weighted by atomic mass is 9.83. The van der Waals surface area contributed by atoms with Gasteiger partial charge in [0.15, 0.2) is 0 Å². The van der Waals surface area contributed by atoms with E-state index in [0.29, 0.717) is 18.3 Å². The van der Waals surface area contributed by atoms with Crippen molar-refractivity contribution in [1.29, 1.82) is 0 Å². The average Bonchev–Trinajstić information content (AvgIpc) is 2.96. The largest absolute Gasteiger partial charge is 0.375 e. The van der Waals surface area contributed by atoms with Crippen molar-refractivity contribution in [3.63, 3.8) is 0 Å². The van der Waals surface area contributed by atoms with Crippen molar-refractivity contribution in [3.05, 3.63) is 0 Å². The molecule has 0 radical (unpaired) electrons. The molecule has 2 saturated heterocycles. The summed E-state index contributed by atoms with van der Waals surface area (Å²) in [4.78, 5) is 0. The normalized spacial score (nSPS) is 45.7. The number of ether oxygens (including phenoxy) is 2. The summed E-state index contributed by atoms with van der Waals surface area (Å²) in [5, 5.41) is 0. The smallest absolute Gasteiger partial charge is 0.108 e. The second-order valence-electron chi connectivity index (χ2n) is 4.72. The second kappa shape index (κ2) is 3.25. The zero-order chi connectivity index (χ0) is 8.67. The maximum absolute atomic E-state index is 5.85. The predicted octanol–water partition coefficient (Wildman–Crippen LogP) is 2.12. The second-order valence-corrected chi connectivity index (χ2v) is 4.72. The SMILES string of the molecule is C1CCC([C@@H]2CC3OC3CO2)CC1. The quantitative estimate of drug-likeness (QED) is 0.579. The number of fused-ring (bicyclic) bond motifs is 1. The molecule has 2 heterocycles. The Labute approximate surface area is 79.6 Å². The van der Waals surface area contributed by atoms with Gasteiger partial charge in [-0.2, -0.15) is 0 Å².